The van der Waals surface area contributed by atoms with Crippen molar-refractivity contribution in [3.8, 4) is 11.3 Å². The smallest absolute Gasteiger partial charge is 0.275 e. The van der Waals surface area contributed by atoms with Crippen LogP contribution in [-0.2, 0) is 0 Å². The first kappa shape index (κ1) is 16.6. The lowest BCUT2D eigenvalue weighted by atomic mass is 10.2. The first-order valence-electron chi connectivity index (χ1n) is 8.08. The Hall–Kier alpha value is -2.60. The summed E-state index contributed by atoms with van der Waals surface area (Å²) >= 11 is 13.8. The fraction of sp³-hybridized carbons (Fsp3) is 0. The second-order valence-corrected chi connectivity index (χ2v) is 7.76. The molecule has 2 aromatic carbocycles. The monoisotopic (exact) mass is 412 g/mol. The first-order valence-corrected chi connectivity index (χ1v) is 9.65. The fourth-order valence-corrected chi connectivity index (χ4v) is 4.59. The number of halogens is 2. The average molecular weight is 413 g/mol. The number of imidazole rings is 1. The minimum atomic E-state index is -0.113. The normalized spacial score (nSPS) is 12.4. The van der Waals surface area contributed by atoms with Crippen LogP contribution < -0.4 is 10.1 Å². The Morgan fingerprint density at radius 1 is 1.00 bits per heavy atom. The molecule has 0 fully saturated rings. The predicted octanol–water partition coefficient (Wildman–Crippen LogP) is 5.02. The molecular weight excluding hydrogens is 403 g/mol. The van der Waals surface area contributed by atoms with Crippen molar-refractivity contribution in [2.75, 3.05) is 0 Å². The second kappa shape index (κ2) is 6.23. The molecule has 0 spiro atoms. The summed E-state index contributed by atoms with van der Waals surface area (Å²) in [7, 11) is 0. The van der Waals surface area contributed by atoms with Crippen molar-refractivity contribution < 1.29 is 4.42 Å². The molecule has 132 valence electrons. The van der Waals surface area contributed by atoms with E-state index >= 15 is 0 Å². The number of rotatable bonds is 2. The number of aromatic nitrogens is 2. The maximum Gasteiger partial charge on any atom is 0.275 e. The SMILES string of the molecule is O=c1c(=Cc2ccc(-c3c(Cl)cccc3Cl)o2)sc2nc3ccccc3n12. The van der Waals surface area contributed by atoms with E-state index in [9.17, 15) is 4.79 Å². The van der Waals surface area contributed by atoms with E-state index in [1.54, 1.807) is 40.8 Å². The number of fused-ring (bicyclic) bond motifs is 3. The van der Waals surface area contributed by atoms with Gasteiger partial charge in [-0.1, -0.05) is 52.7 Å². The Bertz CT molecular complexity index is 1410. The van der Waals surface area contributed by atoms with Gasteiger partial charge in [-0.05, 0) is 36.4 Å². The van der Waals surface area contributed by atoms with Crippen LogP contribution in [-0.4, -0.2) is 9.38 Å². The van der Waals surface area contributed by atoms with Crippen molar-refractivity contribution in [3.63, 3.8) is 0 Å². The molecule has 0 bridgehead atoms. The van der Waals surface area contributed by atoms with Crippen LogP contribution >= 0.6 is 34.5 Å². The molecule has 7 heteroatoms. The third kappa shape index (κ3) is 2.67. The number of nitrogens with zero attached hydrogens (tertiary/aromatic N) is 2. The van der Waals surface area contributed by atoms with E-state index in [0.717, 1.165) is 11.0 Å². The molecule has 0 amide bonds. The summed E-state index contributed by atoms with van der Waals surface area (Å²) in [6, 6.07) is 16.4. The van der Waals surface area contributed by atoms with Gasteiger partial charge in [-0.15, -0.1) is 0 Å². The highest BCUT2D eigenvalue weighted by molar-refractivity contribution is 7.15. The van der Waals surface area contributed by atoms with Crippen LogP contribution in [0.3, 0.4) is 0 Å². The Kier molecular flexibility index (Phi) is 3.82. The molecule has 0 aliphatic heterocycles. The van der Waals surface area contributed by atoms with Gasteiger partial charge in [-0.25, -0.2) is 9.38 Å². The number of hydrogen-bond acceptors (Lipinski definition) is 4. The Balaban J connectivity index is 1.65. The summed E-state index contributed by atoms with van der Waals surface area (Å²) in [6.45, 7) is 0. The van der Waals surface area contributed by atoms with Crippen LogP contribution in [0.5, 0.6) is 0 Å². The van der Waals surface area contributed by atoms with Gasteiger partial charge in [0.2, 0.25) is 0 Å². The molecule has 0 saturated carbocycles. The highest BCUT2D eigenvalue weighted by Crippen LogP contribution is 2.35. The molecule has 0 saturated heterocycles. The quantitative estimate of drug-likeness (QED) is 0.408. The van der Waals surface area contributed by atoms with Gasteiger partial charge in [0.05, 0.1) is 26.6 Å². The third-order valence-electron chi connectivity index (χ3n) is 4.25. The molecule has 0 aliphatic rings. The largest absolute Gasteiger partial charge is 0.457 e. The maximum absolute atomic E-state index is 12.8. The zero-order valence-electron chi connectivity index (χ0n) is 13.6. The molecule has 0 N–H and O–H groups in total. The highest BCUT2D eigenvalue weighted by Gasteiger charge is 2.13. The van der Waals surface area contributed by atoms with Gasteiger partial charge < -0.3 is 4.42 Å². The molecule has 27 heavy (non-hydrogen) atoms. The molecule has 0 radical (unpaired) electrons. The molecule has 0 atom stereocenters. The summed E-state index contributed by atoms with van der Waals surface area (Å²) in [5, 5.41) is 1.02. The van der Waals surface area contributed by atoms with E-state index in [2.05, 4.69) is 4.98 Å². The minimum Gasteiger partial charge on any atom is -0.457 e. The van der Waals surface area contributed by atoms with Crippen molar-refractivity contribution in [2.24, 2.45) is 0 Å². The fourth-order valence-electron chi connectivity index (χ4n) is 3.04. The second-order valence-electron chi connectivity index (χ2n) is 5.93. The Morgan fingerprint density at radius 2 is 1.78 bits per heavy atom. The zero-order chi connectivity index (χ0) is 18.5. The van der Waals surface area contributed by atoms with Gasteiger partial charge >= 0.3 is 0 Å². The molecule has 3 aromatic heterocycles. The lowest BCUT2D eigenvalue weighted by Gasteiger charge is -2.02. The van der Waals surface area contributed by atoms with Crippen LogP contribution in [0.2, 0.25) is 10.0 Å². The van der Waals surface area contributed by atoms with Gasteiger partial charge in [0, 0.05) is 6.08 Å². The van der Waals surface area contributed by atoms with Gasteiger partial charge in [0.15, 0.2) is 4.96 Å². The van der Waals surface area contributed by atoms with E-state index in [-0.39, 0.29) is 5.56 Å². The third-order valence-corrected chi connectivity index (χ3v) is 5.85. The topological polar surface area (TPSA) is 47.5 Å². The Labute approximate surface area is 166 Å². The van der Waals surface area contributed by atoms with Crippen LogP contribution in [0.4, 0.5) is 0 Å². The maximum atomic E-state index is 12.8. The summed E-state index contributed by atoms with van der Waals surface area (Å²) < 4.78 is 8.04. The van der Waals surface area contributed by atoms with E-state index in [1.807, 2.05) is 24.3 Å². The average Bonchev–Trinajstić information content (AvgIpc) is 3.31. The molecule has 4 nitrogen and oxygen atoms in total. The molecule has 5 aromatic rings. The number of thiazole rings is 1. The number of para-hydroxylation sites is 2. The van der Waals surface area contributed by atoms with Crippen LogP contribution in [0.15, 0.2) is 63.8 Å². The summed E-state index contributed by atoms with van der Waals surface area (Å²) in [4.78, 5) is 18.0. The van der Waals surface area contributed by atoms with E-state index in [0.29, 0.717) is 36.6 Å². The summed E-state index contributed by atoms with van der Waals surface area (Å²) in [5.41, 5.74) is 2.13. The van der Waals surface area contributed by atoms with Crippen molar-refractivity contribution in [3.05, 3.63) is 85.3 Å². The van der Waals surface area contributed by atoms with E-state index < -0.39 is 0 Å². The lowest BCUT2D eigenvalue weighted by Crippen LogP contribution is -2.22. The molecule has 0 unspecified atom stereocenters. The number of benzene rings is 2. The van der Waals surface area contributed by atoms with Crippen LogP contribution in [0.25, 0.3) is 33.4 Å². The van der Waals surface area contributed by atoms with E-state index in [4.69, 9.17) is 27.6 Å². The van der Waals surface area contributed by atoms with Gasteiger partial charge in [0.25, 0.3) is 5.56 Å². The standard InChI is InChI=1S/C20H10Cl2N2O2S/c21-12-4-3-5-13(22)18(12)16-9-8-11(26-16)10-17-19(25)24-15-7-2-1-6-14(15)23-20(24)27-17/h1-10H. The summed E-state index contributed by atoms with van der Waals surface area (Å²) in [6.07, 6.45) is 1.71. The van der Waals surface area contributed by atoms with Gasteiger partial charge in [-0.2, -0.15) is 0 Å². The highest BCUT2D eigenvalue weighted by atomic mass is 35.5. The van der Waals surface area contributed by atoms with Crippen molar-refractivity contribution in [1.82, 2.24) is 9.38 Å². The zero-order valence-corrected chi connectivity index (χ0v) is 16.0. The first-order chi connectivity index (χ1) is 13.1. The summed E-state index contributed by atoms with van der Waals surface area (Å²) in [5.74, 6) is 1.10. The molecular formula is C20H10Cl2N2O2S. The Morgan fingerprint density at radius 3 is 2.59 bits per heavy atom. The predicted molar refractivity (Wildman–Crippen MR) is 110 cm³/mol. The van der Waals surface area contributed by atoms with Crippen molar-refractivity contribution in [1.29, 1.82) is 0 Å². The van der Waals surface area contributed by atoms with Gasteiger partial charge in [0.1, 0.15) is 16.1 Å². The van der Waals surface area contributed by atoms with Crippen molar-refractivity contribution in [2.45, 2.75) is 0 Å². The van der Waals surface area contributed by atoms with Crippen LogP contribution in [0.1, 0.15) is 5.76 Å². The number of hydrogen-bond donors (Lipinski definition) is 0. The molecule has 5 rings (SSSR count). The van der Waals surface area contributed by atoms with E-state index in [1.165, 1.54) is 11.3 Å². The number of furan rings is 1. The van der Waals surface area contributed by atoms with Crippen molar-refractivity contribution >= 4 is 56.6 Å². The van der Waals surface area contributed by atoms with Gasteiger partial charge in [-0.3, -0.25) is 4.79 Å². The lowest BCUT2D eigenvalue weighted by molar-refractivity contribution is 0.571. The van der Waals surface area contributed by atoms with Crippen LogP contribution in [0, 0.1) is 0 Å². The minimum absolute atomic E-state index is 0.113. The molecule has 3 heterocycles. The molecule has 0 aliphatic carbocycles.